The SMILES string of the molecule is O=C(NCc1nnc2n1CCC2)C1CCCC1. The minimum Gasteiger partial charge on any atom is -0.349 e. The van der Waals surface area contributed by atoms with Crippen molar-refractivity contribution < 1.29 is 4.79 Å². The standard InChI is InChI=1S/C12H18N4O/c17-12(9-4-1-2-5-9)13-8-11-15-14-10-6-3-7-16(10)11/h9H,1-8H2,(H,13,17). The van der Waals surface area contributed by atoms with Gasteiger partial charge in [0.25, 0.3) is 0 Å². The maximum absolute atomic E-state index is 11.9. The molecule has 0 bridgehead atoms. The van der Waals surface area contributed by atoms with Gasteiger partial charge in [0, 0.05) is 18.9 Å². The van der Waals surface area contributed by atoms with Crippen LogP contribution < -0.4 is 5.32 Å². The summed E-state index contributed by atoms with van der Waals surface area (Å²) in [5.41, 5.74) is 0. The molecule has 1 saturated carbocycles. The van der Waals surface area contributed by atoms with Crippen LogP contribution in [0.4, 0.5) is 0 Å². The number of rotatable bonds is 3. The van der Waals surface area contributed by atoms with E-state index in [9.17, 15) is 4.79 Å². The lowest BCUT2D eigenvalue weighted by Gasteiger charge is -2.10. The minimum absolute atomic E-state index is 0.192. The fraction of sp³-hybridized carbons (Fsp3) is 0.750. The van der Waals surface area contributed by atoms with E-state index in [1.165, 1.54) is 12.8 Å². The van der Waals surface area contributed by atoms with Crippen molar-refractivity contribution in [2.75, 3.05) is 0 Å². The molecule has 1 amide bonds. The smallest absolute Gasteiger partial charge is 0.223 e. The maximum atomic E-state index is 11.9. The third kappa shape index (κ3) is 2.06. The normalized spacial score (nSPS) is 19.5. The highest BCUT2D eigenvalue weighted by Crippen LogP contribution is 2.24. The van der Waals surface area contributed by atoms with Crippen LogP contribution in [0.1, 0.15) is 43.8 Å². The summed E-state index contributed by atoms with van der Waals surface area (Å²) in [5.74, 6) is 2.40. The van der Waals surface area contributed by atoms with Gasteiger partial charge in [-0.2, -0.15) is 0 Å². The Morgan fingerprint density at radius 3 is 2.94 bits per heavy atom. The lowest BCUT2D eigenvalue weighted by atomic mass is 10.1. The minimum atomic E-state index is 0.192. The number of aromatic nitrogens is 3. The molecule has 5 heteroatoms. The van der Waals surface area contributed by atoms with E-state index >= 15 is 0 Å². The first kappa shape index (κ1) is 10.7. The van der Waals surface area contributed by atoms with E-state index < -0.39 is 0 Å². The average Bonchev–Trinajstić information content (AvgIpc) is 3.03. The number of amides is 1. The highest BCUT2D eigenvalue weighted by Gasteiger charge is 2.23. The summed E-state index contributed by atoms with van der Waals surface area (Å²) in [4.78, 5) is 11.9. The molecule has 0 aromatic carbocycles. The first-order chi connectivity index (χ1) is 8.34. The lowest BCUT2D eigenvalue weighted by Crippen LogP contribution is -2.29. The molecule has 2 heterocycles. The number of carbonyl (C=O) groups is 1. The van der Waals surface area contributed by atoms with Crippen LogP contribution >= 0.6 is 0 Å². The summed E-state index contributed by atoms with van der Waals surface area (Å²) in [7, 11) is 0. The molecule has 0 saturated heterocycles. The summed E-state index contributed by atoms with van der Waals surface area (Å²) in [5, 5.41) is 11.3. The van der Waals surface area contributed by atoms with Gasteiger partial charge in [0.2, 0.25) is 5.91 Å². The van der Waals surface area contributed by atoms with Crippen molar-refractivity contribution >= 4 is 5.91 Å². The highest BCUT2D eigenvalue weighted by atomic mass is 16.1. The third-order valence-corrected chi connectivity index (χ3v) is 3.83. The summed E-state index contributed by atoms with van der Waals surface area (Å²) >= 11 is 0. The molecule has 92 valence electrons. The summed E-state index contributed by atoms with van der Waals surface area (Å²) in [6, 6.07) is 0. The second-order valence-electron chi connectivity index (χ2n) is 4.99. The van der Waals surface area contributed by atoms with Gasteiger partial charge in [0.1, 0.15) is 5.82 Å². The molecule has 1 N–H and O–H groups in total. The monoisotopic (exact) mass is 234 g/mol. The number of hydrogen-bond acceptors (Lipinski definition) is 3. The Morgan fingerprint density at radius 2 is 2.12 bits per heavy atom. The zero-order chi connectivity index (χ0) is 11.7. The van der Waals surface area contributed by atoms with Crippen LogP contribution in [0.25, 0.3) is 0 Å². The molecular weight excluding hydrogens is 216 g/mol. The second kappa shape index (κ2) is 4.47. The molecule has 1 aliphatic heterocycles. The van der Waals surface area contributed by atoms with Crippen LogP contribution in [-0.4, -0.2) is 20.7 Å². The van der Waals surface area contributed by atoms with Crippen molar-refractivity contribution in [2.45, 2.75) is 51.6 Å². The Morgan fingerprint density at radius 1 is 1.29 bits per heavy atom. The van der Waals surface area contributed by atoms with Crippen LogP contribution in [0.15, 0.2) is 0 Å². The molecule has 0 spiro atoms. The molecular formula is C12H18N4O. The van der Waals surface area contributed by atoms with Crippen LogP contribution in [0.2, 0.25) is 0 Å². The number of hydrogen-bond donors (Lipinski definition) is 1. The molecule has 0 unspecified atom stereocenters. The predicted molar refractivity (Wildman–Crippen MR) is 62.1 cm³/mol. The van der Waals surface area contributed by atoms with Crippen molar-refractivity contribution in [1.82, 2.24) is 20.1 Å². The second-order valence-corrected chi connectivity index (χ2v) is 4.99. The van der Waals surface area contributed by atoms with Crippen molar-refractivity contribution in [3.05, 3.63) is 11.6 Å². The van der Waals surface area contributed by atoms with Gasteiger partial charge in [-0.25, -0.2) is 0 Å². The van der Waals surface area contributed by atoms with Gasteiger partial charge in [-0.15, -0.1) is 10.2 Å². The predicted octanol–water partition coefficient (Wildman–Crippen LogP) is 1.03. The largest absolute Gasteiger partial charge is 0.349 e. The Bertz CT molecular complexity index is 420. The van der Waals surface area contributed by atoms with E-state index in [1.807, 2.05) is 0 Å². The molecule has 1 aromatic rings. The van der Waals surface area contributed by atoms with Crippen molar-refractivity contribution in [1.29, 1.82) is 0 Å². The topological polar surface area (TPSA) is 59.8 Å². The molecule has 3 rings (SSSR count). The van der Waals surface area contributed by atoms with Gasteiger partial charge in [-0.05, 0) is 19.3 Å². The number of carbonyl (C=O) groups excluding carboxylic acids is 1. The van der Waals surface area contributed by atoms with Crippen LogP contribution in [0, 0.1) is 5.92 Å². The fourth-order valence-electron chi connectivity index (χ4n) is 2.84. The van der Waals surface area contributed by atoms with E-state index in [2.05, 4.69) is 20.1 Å². The number of nitrogens with zero attached hydrogens (tertiary/aromatic N) is 3. The van der Waals surface area contributed by atoms with E-state index in [1.54, 1.807) is 0 Å². The quantitative estimate of drug-likeness (QED) is 0.849. The Balaban J connectivity index is 1.58. The van der Waals surface area contributed by atoms with Crippen molar-refractivity contribution in [3.8, 4) is 0 Å². The first-order valence-electron chi connectivity index (χ1n) is 6.53. The Hall–Kier alpha value is -1.39. The summed E-state index contributed by atoms with van der Waals surface area (Å²) < 4.78 is 2.13. The van der Waals surface area contributed by atoms with Crippen LogP contribution in [0.5, 0.6) is 0 Å². The molecule has 1 fully saturated rings. The van der Waals surface area contributed by atoms with E-state index in [4.69, 9.17) is 0 Å². The van der Waals surface area contributed by atoms with Crippen molar-refractivity contribution in [3.63, 3.8) is 0 Å². The maximum Gasteiger partial charge on any atom is 0.223 e. The molecule has 1 aliphatic carbocycles. The Kier molecular flexibility index (Phi) is 2.82. The first-order valence-corrected chi connectivity index (χ1v) is 6.53. The van der Waals surface area contributed by atoms with Gasteiger partial charge in [0.05, 0.1) is 6.54 Å². The number of fused-ring (bicyclic) bond motifs is 1. The summed E-state index contributed by atoms with van der Waals surface area (Å²) in [6.07, 6.45) is 6.64. The number of nitrogens with one attached hydrogen (secondary N) is 1. The zero-order valence-corrected chi connectivity index (χ0v) is 9.98. The van der Waals surface area contributed by atoms with E-state index in [0.717, 1.165) is 43.9 Å². The van der Waals surface area contributed by atoms with Gasteiger partial charge in [-0.1, -0.05) is 12.8 Å². The molecule has 0 radical (unpaired) electrons. The zero-order valence-electron chi connectivity index (χ0n) is 9.98. The molecule has 17 heavy (non-hydrogen) atoms. The van der Waals surface area contributed by atoms with Crippen LogP contribution in [-0.2, 0) is 24.3 Å². The van der Waals surface area contributed by atoms with Gasteiger partial charge in [-0.3, -0.25) is 4.79 Å². The molecule has 5 nitrogen and oxygen atoms in total. The molecule has 1 aromatic heterocycles. The fourth-order valence-corrected chi connectivity index (χ4v) is 2.84. The van der Waals surface area contributed by atoms with E-state index in [-0.39, 0.29) is 11.8 Å². The Labute approximate surface area is 101 Å². The molecule has 0 atom stereocenters. The van der Waals surface area contributed by atoms with Gasteiger partial charge in [0.15, 0.2) is 5.82 Å². The lowest BCUT2D eigenvalue weighted by molar-refractivity contribution is -0.125. The summed E-state index contributed by atoms with van der Waals surface area (Å²) in [6.45, 7) is 1.53. The number of aryl methyl sites for hydroxylation is 1. The average molecular weight is 234 g/mol. The van der Waals surface area contributed by atoms with Gasteiger partial charge >= 0.3 is 0 Å². The van der Waals surface area contributed by atoms with E-state index in [0.29, 0.717) is 6.54 Å². The van der Waals surface area contributed by atoms with Gasteiger partial charge < -0.3 is 9.88 Å². The molecule has 2 aliphatic rings. The highest BCUT2D eigenvalue weighted by molar-refractivity contribution is 5.78. The third-order valence-electron chi connectivity index (χ3n) is 3.83. The van der Waals surface area contributed by atoms with Crippen molar-refractivity contribution in [2.24, 2.45) is 5.92 Å². The van der Waals surface area contributed by atoms with Crippen LogP contribution in [0.3, 0.4) is 0 Å².